The van der Waals surface area contributed by atoms with Gasteiger partial charge in [0.25, 0.3) is 0 Å². The van der Waals surface area contributed by atoms with Crippen LogP contribution in [0.2, 0.25) is 0 Å². The van der Waals surface area contributed by atoms with Crippen LogP contribution >= 0.6 is 0 Å². The second-order valence-electron chi connectivity index (χ2n) is 6.35. The van der Waals surface area contributed by atoms with E-state index >= 15 is 0 Å². The summed E-state index contributed by atoms with van der Waals surface area (Å²) in [6.07, 6.45) is 5.85. The van der Waals surface area contributed by atoms with E-state index in [1.54, 1.807) is 24.3 Å². The Bertz CT molecular complexity index is 1040. The summed E-state index contributed by atoms with van der Waals surface area (Å²) in [7, 11) is 0. The smallest absolute Gasteiger partial charge is 0.354 e. The molecule has 148 valence electrons. The van der Waals surface area contributed by atoms with Crippen LogP contribution in [-0.2, 0) is 9.59 Å². The highest BCUT2D eigenvalue weighted by atomic mass is 16.4. The van der Waals surface area contributed by atoms with Crippen LogP contribution in [0.15, 0.2) is 60.3 Å². The van der Waals surface area contributed by atoms with Gasteiger partial charge in [-0.1, -0.05) is 18.2 Å². The fourth-order valence-electron chi connectivity index (χ4n) is 2.53. The molecule has 9 heteroatoms. The van der Waals surface area contributed by atoms with Crippen LogP contribution in [-0.4, -0.2) is 43.0 Å². The highest BCUT2D eigenvalue weighted by Gasteiger charge is 2.34. The van der Waals surface area contributed by atoms with Crippen LogP contribution in [0.3, 0.4) is 0 Å². The molecule has 1 aliphatic carbocycles. The van der Waals surface area contributed by atoms with Crippen molar-refractivity contribution in [3.63, 3.8) is 0 Å². The van der Waals surface area contributed by atoms with E-state index in [4.69, 9.17) is 20.6 Å². The predicted octanol–water partition coefficient (Wildman–Crippen LogP) is 2.49. The number of nitrogens with zero attached hydrogens (tertiary/aromatic N) is 3. The summed E-state index contributed by atoms with van der Waals surface area (Å²) in [6.45, 7) is 1.50. The van der Waals surface area contributed by atoms with Gasteiger partial charge in [-0.2, -0.15) is 10.4 Å². The standard InChI is InChI=1S/C11H7N3O2.C9H10O4/c12-7-8-1-3-9(4-2-8)14-10(11(15)16)5-6-13-14;1-9(8(12)13)4-2-3-6(5-9)7(10)11/h1-6H,(H,15,16);2-4H,5H2,1H3,(H,10,11)(H,12,13). The van der Waals surface area contributed by atoms with Gasteiger partial charge in [-0.05, 0) is 43.7 Å². The Morgan fingerprint density at radius 2 is 1.76 bits per heavy atom. The number of aromatic carboxylic acids is 1. The van der Waals surface area contributed by atoms with Crippen LogP contribution in [0.4, 0.5) is 0 Å². The average Bonchev–Trinajstić information content (AvgIpc) is 3.19. The molecule has 0 bridgehead atoms. The molecule has 3 rings (SSSR count). The summed E-state index contributed by atoms with van der Waals surface area (Å²) >= 11 is 0. The quantitative estimate of drug-likeness (QED) is 0.713. The van der Waals surface area contributed by atoms with Gasteiger partial charge in [-0.15, -0.1) is 0 Å². The lowest BCUT2D eigenvalue weighted by Gasteiger charge is -2.23. The van der Waals surface area contributed by atoms with Crippen LogP contribution < -0.4 is 0 Å². The van der Waals surface area contributed by atoms with Gasteiger partial charge in [0, 0.05) is 5.57 Å². The maximum atomic E-state index is 10.9. The van der Waals surface area contributed by atoms with E-state index in [0.29, 0.717) is 11.3 Å². The van der Waals surface area contributed by atoms with E-state index in [2.05, 4.69) is 5.10 Å². The SMILES string of the molecule is CC1(C(=O)O)C=CC=C(C(=O)O)C1.N#Cc1ccc(-n2nccc2C(=O)O)cc1. The zero-order valence-corrected chi connectivity index (χ0v) is 15.3. The van der Waals surface area contributed by atoms with Crippen molar-refractivity contribution in [2.75, 3.05) is 0 Å². The Morgan fingerprint density at radius 3 is 2.28 bits per heavy atom. The molecule has 1 unspecified atom stereocenters. The molecule has 0 radical (unpaired) electrons. The first kappa shape index (κ1) is 21.1. The Hall–Kier alpha value is -4.19. The summed E-state index contributed by atoms with van der Waals surface area (Å²) < 4.78 is 1.31. The molecule has 1 aliphatic rings. The lowest BCUT2D eigenvalue weighted by molar-refractivity contribution is -0.145. The first-order valence-corrected chi connectivity index (χ1v) is 8.31. The van der Waals surface area contributed by atoms with Gasteiger partial charge in [-0.3, -0.25) is 4.79 Å². The van der Waals surface area contributed by atoms with Crippen LogP contribution in [0, 0.1) is 16.7 Å². The lowest BCUT2D eigenvalue weighted by atomic mass is 9.80. The molecule has 9 nitrogen and oxygen atoms in total. The first-order chi connectivity index (χ1) is 13.7. The van der Waals surface area contributed by atoms with Gasteiger partial charge in [0.05, 0.1) is 28.9 Å². The Labute approximate surface area is 165 Å². The third-order valence-corrected chi connectivity index (χ3v) is 4.19. The fraction of sp³-hybridized carbons (Fsp3) is 0.150. The Kier molecular flexibility index (Phi) is 6.31. The van der Waals surface area contributed by atoms with Gasteiger partial charge in [0.15, 0.2) is 5.69 Å². The van der Waals surface area contributed by atoms with Crippen LogP contribution in [0.25, 0.3) is 5.69 Å². The topological polar surface area (TPSA) is 154 Å². The Morgan fingerprint density at radius 1 is 1.10 bits per heavy atom. The molecule has 1 heterocycles. The minimum Gasteiger partial charge on any atom is -0.481 e. The molecule has 29 heavy (non-hydrogen) atoms. The van der Waals surface area contributed by atoms with Gasteiger partial charge in [0.1, 0.15) is 0 Å². The van der Waals surface area contributed by atoms with Crippen LogP contribution in [0.1, 0.15) is 29.4 Å². The zero-order chi connectivity index (χ0) is 21.6. The van der Waals surface area contributed by atoms with Gasteiger partial charge in [-0.25, -0.2) is 14.3 Å². The van der Waals surface area contributed by atoms with Gasteiger partial charge < -0.3 is 15.3 Å². The summed E-state index contributed by atoms with van der Waals surface area (Å²) in [5, 5.41) is 38.9. The molecule has 0 spiro atoms. The number of carbonyl (C=O) groups is 3. The van der Waals surface area contributed by atoms with Crippen molar-refractivity contribution in [2.24, 2.45) is 5.41 Å². The number of rotatable bonds is 4. The number of hydrogen-bond donors (Lipinski definition) is 3. The van der Waals surface area contributed by atoms with Crippen LogP contribution in [0.5, 0.6) is 0 Å². The monoisotopic (exact) mass is 395 g/mol. The summed E-state index contributed by atoms with van der Waals surface area (Å²) in [4.78, 5) is 32.2. The van der Waals surface area contributed by atoms with Crippen molar-refractivity contribution >= 4 is 17.9 Å². The molecule has 0 amide bonds. The molecule has 0 fully saturated rings. The van der Waals surface area contributed by atoms with Crippen molar-refractivity contribution in [1.82, 2.24) is 9.78 Å². The number of aliphatic carboxylic acids is 2. The van der Waals surface area contributed by atoms with E-state index in [-0.39, 0.29) is 17.7 Å². The number of carboxylic acid groups (broad SMARTS) is 3. The molecular weight excluding hydrogens is 378 g/mol. The summed E-state index contributed by atoms with van der Waals surface area (Å²) in [6, 6.07) is 9.94. The number of allylic oxidation sites excluding steroid dienone is 2. The van der Waals surface area contributed by atoms with Crippen molar-refractivity contribution < 1.29 is 29.7 Å². The van der Waals surface area contributed by atoms with Gasteiger partial charge >= 0.3 is 17.9 Å². The third-order valence-electron chi connectivity index (χ3n) is 4.19. The number of carboxylic acids is 3. The minimum absolute atomic E-state index is 0.0359. The highest BCUT2D eigenvalue weighted by Crippen LogP contribution is 2.31. The molecule has 0 aliphatic heterocycles. The molecule has 1 aromatic carbocycles. The van der Waals surface area contributed by atoms with Crippen molar-refractivity contribution in [3.05, 3.63) is 71.6 Å². The number of aromatic nitrogens is 2. The molecule has 2 aromatic rings. The first-order valence-electron chi connectivity index (χ1n) is 8.31. The van der Waals surface area contributed by atoms with E-state index in [1.807, 2.05) is 6.07 Å². The van der Waals surface area contributed by atoms with Crippen molar-refractivity contribution in [2.45, 2.75) is 13.3 Å². The highest BCUT2D eigenvalue weighted by molar-refractivity contribution is 5.90. The molecule has 1 atom stereocenters. The van der Waals surface area contributed by atoms with Crippen molar-refractivity contribution in [3.8, 4) is 11.8 Å². The normalized spacial score (nSPS) is 17.3. The van der Waals surface area contributed by atoms with E-state index in [1.165, 1.54) is 42.1 Å². The molecule has 0 saturated heterocycles. The van der Waals surface area contributed by atoms with E-state index in [9.17, 15) is 14.4 Å². The molecular formula is C20H17N3O6. The average molecular weight is 395 g/mol. The number of hydrogen-bond acceptors (Lipinski definition) is 5. The largest absolute Gasteiger partial charge is 0.481 e. The summed E-state index contributed by atoms with van der Waals surface area (Å²) in [5.74, 6) is -3.10. The lowest BCUT2D eigenvalue weighted by Crippen LogP contribution is -2.28. The third kappa shape index (κ3) is 4.95. The van der Waals surface area contributed by atoms with E-state index < -0.39 is 23.3 Å². The fourth-order valence-corrected chi connectivity index (χ4v) is 2.53. The zero-order valence-electron chi connectivity index (χ0n) is 15.3. The maximum absolute atomic E-state index is 10.9. The number of nitriles is 1. The Balaban J connectivity index is 0.000000212. The summed E-state index contributed by atoms with van der Waals surface area (Å²) in [5.41, 5.74) is 0.272. The molecule has 1 aromatic heterocycles. The van der Waals surface area contributed by atoms with E-state index in [0.717, 1.165) is 0 Å². The second kappa shape index (κ2) is 8.67. The maximum Gasteiger partial charge on any atom is 0.354 e. The predicted molar refractivity (Wildman–Crippen MR) is 100 cm³/mol. The second-order valence-corrected chi connectivity index (χ2v) is 6.35. The molecule has 3 N–H and O–H groups in total. The number of benzene rings is 1. The molecule has 0 saturated carbocycles. The van der Waals surface area contributed by atoms with Crippen molar-refractivity contribution in [1.29, 1.82) is 5.26 Å². The minimum atomic E-state index is -1.08. The van der Waals surface area contributed by atoms with Gasteiger partial charge in [0.2, 0.25) is 0 Å².